The zero-order valence-corrected chi connectivity index (χ0v) is 30.3. The van der Waals surface area contributed by atoms with Gasteiger partial charge in [0, 0.05) is 13.1 Å². The van der Waals surface area contributed by atoms with E-state index < -0.39 is 11.9 Å². The van der Waals surface area contributed by atoms with E-state index in [9.17, 15) is 14.7 Å². The smallest absolute Gasteiger partial charge is 0.315 e. The Morgan fingerprint density at radius 2 is 0.614 bits per heavy atom. The number of carbonyl (C=O) groups excluding carboxylic acids is 1. The maximum Gasteiger partial charge on any atom is 0.315 e. The summed E-state index contributed by atoms with van der Waals surface area (Å²) in [6.45, 7) is 7.54. The average molecular weight is 622 g/mol. The van der Waals surface area contributed by atoms with Crippen molar-refractivity contribution >= 4 is 11.9 Å². The fourth-order valence-electron chi connectivity index (χ4n) is 6.41. The Morgan fingerprint density at radius 3 is 0.818 bits per heavy atom. The molecule has 0 aliphatic heterocycles. The van der Waals surface area contributed by atoms with Crippen LogP contribution < -0.4 is 0 Å². The maximum atomic E-state index is 12.8. The lowest BCUT2D eigenvalue weighted by atomic mass is 10.0. The molecule has 0 aliphatic carbocycles. The second kappa shape index (κ2) is 34.8. The highest BCUT2D eigenvalue weighted by Gasteiger charge is 2.25. The first-order chi connectivity index (χ1) is 21.5. The standard InChI is InChI=1S/C40H79NO3/c1-4-6-8-10-12-14-16-18-20-22-24-26-28-30-32-34-36-41(39(42)38(3)40(43)44)37-35-33-31-29-27-25-23-21-19-17-15-13-11-9-7-5-2/h38H,4-37H2,1-3H3,(H,43,44). The van der Waals surface area contributed by atoms with Crippen LogP contribution in [0.4, 0.5) is 0 Å². The summed E-state index contributed by atoms with van der Waals surface area (Å²) >= 11 is 0. The van der Waals surface area contributed by atoms with Crippen LogP contribution in [0, 0.1) is 5.92 Å². The van der Waals surface area contributed by atoms with Crippen LogP contribution in [-0.2, 0) is 9.59 Å². The fraction of sp³-hybridized carbons (Fsp3) is 0.950. The van der Waals surface area contributed by atoms with Gasteiger partial charge < -0.3 is 10.0 Å². The van der Waals surface area contributed by atoms with E-state index in [1.807, 2.05) is 4.90 Å². The van der Waals surface area contributed by atoms with Gasteiger partial charge >= 0.3 is 5.97 Å². The van der Waals surface area contributed by atoms with Crippen molar-refractivity contribution in [1.29, 1.82) is 0 Å². The lowest BCUT2D eigenvalue weighted by Gasteiger charge is -2.24. The third-order valence-corrected chi connectivity index (χ3v) is 9.62. The number of rotatable bonds is 36. The molecule has 1 atom stereocenters. The highest BCUT2D eigenvalue weighted by molar-refractivity contribution is 5.96. The highest BCUT2D eigenvalue weighted by Crippen LogP contribution is 2.16. The van der Waals surface area contributed by atoms with Crippen LogP contribution in [0.5, 0.6) is 0 Å². The number of aliphatic carboxylic acids is 1. The zero-order valence-electron chi connectivity index (χ0n) is 30.3. The monoisotopic (exact) mass is 622 g/mol. The third-order valence-electron chi connectivity index (χ3n) is 9.62. The lowest BCUT2D eigenvalue weighted by Crippen LogP contribution is -2.39. The first-order valence-corrected chi connectivity index (χ1v) is 20.1. The van der Waals surface area contributed by atoms with Crippen LogP contribution in [0.3, 0.4) is 0 Å². The Labute approximate surface area is 276 Å². The van der Waals surface area contributed by atoms with Gasteiger partial charge in [-0.05, 0) is 19.8 Å². The van der Waals surface area contributed by atoms with Crippen LogP contribution in [0.15, 0.2) is 0 Å². The number of unbranched alkanes of at least 4 members (excludes halogenated alkanes) is 30. The molecule has 4 nitrogen and oxygen atoms in total. The van der Waals surface area contributed by atoms with E-state index >= 15 is 0 Å². The molecule has 0 heterocycles. The van der Waals surface area contributed by atoms with E-state index in [0.717, 1.165) is 25.7 Å². The molecule has 0 saturated heterocycles. The van der Waals surface area contributed by atoms with Gasteiger partial charge in [0.15, 0.2) is 0 Å². The first-order valence-electron chi connectivity index (χ1n) is 20.1. The summed E-state index contributed by atoms with van der Waals surface area (Å²) in [5, 5.41) is 9.38. The second-order valence-corrected chi connectivity index (χ2v) is 14.0. The van der Waals surface area contributed by atoms with E-state index in [1.54, 1.807) is 6.92 Å². The predicted molar refractivity (Wildman–Crippen MR) is 192 cm³/mol. The first kappa shape index (κ1) is 42.9. The average Bonchev–Trinajstić information content (AvgIpc) is 3.02. The topological polar surface area (TPSA) is 57.6 Å². The molecule has 0 radical (unpaired) electrons. The van der Waals surface area contributed by atoms with Crippen LogP contribution in [0.1, 0.15) is 226 Å². The molecule has 0 saturated carbocycles. The fourth-order valence-corrected chi connectivity index (χ4v) is 6.41. The van der Waals surface area contributed by atoms with Gasteiger partial charge in [0.05, 0.1) is 0 Å². The number of carboxylic acid groups (broad SMARTS) is 1. The SMILES string of the molecule is CCCCCCCCCCCCCCCCCCN(CCCCCCCCCCCCCCCCCC)C(=O)C(C)C(=O)O. The van der Waals surface area contributed by atoms with Crippen LogP contribution in [0.2, 0.25) is 0 Å². The summed E-state index contributed by atoms with van der Waals surface area (Å²) in [7, 11) is 0. The van der Waals surface area contributed by atoms with Crippen molar-refractivity contribution in [2.45, 2.75) is 226 Å². The maximum absolute atomic E-state index is 12.8. The van der Waals surface area contributed by atoms with Crippen molar-refractivity contribution < 1.29 is 14.7 Å². The molecular weight excluding hydrogens is 542 g/mol. The minimum atomic E-state index is -1.00. The molecule has 0 fully saturated rings. The van der Waals surface area contributed by atoms with Crippen molar-refractivity contribution in [2.75, 3.05) is 13.1 Å². The second-order valence-electron chi connectivity index (χ2n) is 14.0. The number of carbonyl (C=O) groups is 2. The molecule has 0 spiro atoms. The lowest BCUT2D eigenvalue weighted by molar-refractivity contribution is -0.150. The summed E-state index contributed by atoms with van der Waals surface area (Å²) in [5.41, 5.74) is 0. The van der Waals surface area contributed by atoms with Crippen LogP contribution in [0.25, 0.3) is 0 Å². The van der Waals surface area contributed by atoms with E-state index in [4.69, 9.17) is 0 Å². The molecule has 0 aromatic rings. The summed E-state index contributed by atoms with van der Waals surface area (Å²) in [6, 6.07) is 0. The van der Waals surface area contributed by atoms with Crippen molar-refractivity contribution in [3.63, 3.8) is 0 Å². The molecule has 0 rings (SSSR count). The van der Waals surface area contributed by atoms with Gasteiger partial charge in [-0.2, -0.15) is 0 Å². The molecule has 0 bridgehead atoms. The number of hydrogen-bond acceptors (Lipinski definition) is 2. The van der Waals surface area contributed by atoms with Gasteiger partial charge in [-0.15, -0.1) is 0 Å². The Bertz CT molecular complexity index is 571. The van der Waals surface area contributed by atoms with Gasteiger partial charge in [-0.3, -0.25) is 9.59 Å². The predicted octanol–water partition coefficient (Wildman–Crippen LogP) is 13.1. The minimum absolute atomic E-state index is 0.195. The Morgan fingerprint density at radius 1 is 0.409 bits per heavy atom. The summed E-state index contributed by atoms with van der Waals surface area (Å²) in [5.74, 6) is -2.13. The quantitative estimate of drug-likeness (QED) is 0.0559. The Kier molecular flexibility index (Phi) is 34.0. The van der Waals surface area contributed by atoms with E-state index in [2.05, 4.69) is 13.8 Å². The zero-order chi connectivity index (χ0) is 32.4. The number of amides is 1. The summed E-state index contributed by atoms with van der Waals surface area (Å²) < 4.78 is 0. The molecule has 0 aliphatic rings. The molecule has 1 N–H and O–H groups in total. The third kappa shape index (κ3) is 29.6. The van der Waals surface area contributed by atoms with Crippen molar-refractivity contribution in [3.05, 3.63) is 0 Å². The number of nitrogens with zero attached hydrogens (tertiary/aromatic N) is 1. The molecule has 44 heavy (non-hydrogen) atoms. The van der Waals surface area contributed by atoms with Gasteiger partial charge in [-0.1, -0.05) is 206 Å². The molecule has 262 valence electrons. The van der Waals surface area contributed by atoms with E-state index in [0.29, 0.717) is 13.1 Å². The Balaban J connectivity index is 3.79. The molecular formula is C40H79NO3. The molecule has 1 unspecified atom stereocenters. The van der Waals surface area contributed by atoms with Gasteiger partial charge in [0.2, 0.25) is 5.91 Å². The largest absolute Gasteiger partial charge is 0.481 e. The number of carboxylic acids is 1. The summed E-state index contributed by atoms with van der Waals surface area (Å²) in [6.07, 6.45) is 42.8. The molecule has 0 aromatic carbocycles. The molecule has 4 heteroatoms. The van der Waals surface area contributed by atoms with Crippen LogP contribution in [-0.4, -0.2) is 35.0 Å². The van der Waals surface area contributed by atoms with Gasteiger partial charge in [-0.25, -0.2) is 0 Å². The van der Waals surface area contributed by atoms with Crippen molar-refractivity contribution in [1.82, 2.24) is 4.90 Å². The molecule has 0 aromatic heterocycles. The van der Waals surface area contributed by atoms with E-state index in [1.165, 1.54) is 180 Å². The van der Waals surface area contributed by atoms with Gasteiger partial charge in [0.25, 0.3) is 0 Å². The van der Waals surface area contributed by atoms with Crippen molar-refractivity contribution in [3.8, 4) is 0 Å². The van der Waals surface area contributed by atoms with Crippen molar-refractivity contribution in [2.24, 2.45) is 5.92 Å². The minimum Gasteiger partial charge on any atom is -0.481 e. The highest BCUT2D eigenvalue weighted by atomic mass is 16.4. The number of hydrogen-bond donors (Lipinski definition) is 1. The normalized spacial score (nSPS) is 12.1. The summed E-state index contributed by atoms with van der Waals surface area (Å²) in [4.78, 5) is 26.1. The van der Waals surface area contributed by atoms with Gasteiger partial charge in [0.1, 0.15) is 5.92 Å². The van der Waals surface area contributed by atoms with Crippen LogP contribution >= 0.6 is 0 Å². The molecule has 1 amide bonds. The van der Waals surface area contributed by atoms with E-state index in [-0.39, 0.29) is 5.91 Å². The Hall–Kier alpha value is -1.06.